The molecule has 7 N–H and O–H groups in total. The van der Waals surface area contributed by atoms with E-state index < -0.39 is 24.9 Å². The molecule has 3 aliphatic rings. The summed E-state index contributed by atoms with van der Waals surface area (Å²) in [5.41, 5.74) is 12.1. The molecule has 1 aromatic rings. The molecule has 0 unspecified atom stereocenters. The summed E-state index contributed by atoms with van der Waals surface area (Å²) < 4.78 is 5.37. The predicted molar refractivity (Wildman–Crippen MR) is 108 cm³/mol. The van der Waals surface area contributed by atoms with E-state index in [2.05, 4.69) is 16.3 Å². The first-order chi connectivity index (χ1) is 14.8. The number of carbonyl (C=O) groups is 3. The summed E-state index contributed by atoms with van der Waals surface area (Å²) in [6, 6.07) is 4.63. The van der Waals surface area contributed by atoms with Gasteiger partial charge in [0.05, 0.1) is 11.5 Å². The Hall–Kier alpha value is -3.29. The first-order valence-electron chi connectivity index (χ1n) is 9.86. The van der Waals surface area contributed by atoms with Gasteiger partial charge < -0.3 is 30.7 Å². The van der Waals surface area contributed by atoms with Crippen LogP contribution in [0.25, 0.3) is 0 Å². The number of carboxylic acid groups (broad SMARTS) is 1. The number of nitrogens with one attached hydrogen (secondary N) is 3. The molecule has 2 amide bonds. The number of nitrogens with two attached hydrogens (primary N) is 1. The summed E-state index contributed by atoms with van der Waals surface area (Å²) in [6.45, 7) is 0.946. The van der Waals surface area contributed by atoms with Crippen LogP contribution in [0.1, 0.15) is 22.3 Å². The molecule has 0 radical (unpaired) electrons. The third-order valence-corrected chi connectivity index (χ3v) is 5.37. The van der Waals surface area contributed by atoms with Crippen LogP contribution in [0.2, 0.25) is 0 Å². The zero-order chi connectivity index (χ0) is 22.1. The Morgan fingerprint density at radius 1 is 1.35 bits per heavy atom. The van der Waals surface area contributed by atoms with Gasteiger partial charge in [0.2, 0.25) is 5.91 Å². The zero-order valence-corrected chi connectivity index (χ0v) is 16.6. The number of hydrogen-bond donors (Lipinski definition) is 6. The third kappa shape index (κ3) is 4.43. The van der Waals surface area contributed by atoms with Crippen molar-refractivity contribution in [1.29, 1.82) is 0 Å². The van der Waals surface area contributed by atoms with Gasteiger partial charge in [-0.2, -0.15) is 0 Å². The molecule has 0 aromatic heterocycles. The second kappa shape index (κ2) is 8.45. The van der Waals surface area contributed by atoms with E-state index in [9.17, 15) is 24.5 Å². The van der Waals surface area contributed by atoms with Gasteiger partial charge in [-0.1, -0.05) is 12.1 Å². The van der Waals surface area contributed by atoms with Crippen molar-refractivity contribution in [2.24, 2.45) is 5.73 Å². The maximum Gasteiger partial charge on any atom is 0.547 e. The Morgan fingerprint density at radius 3 is 2.87 bits per heavy atom. The molecule has 3 heterocycles. The minimum absolute atomic E-state index is 0.0263. The van der Waals surface area contributed by atoms with E-state index in [0.29, 0.717) is 24.4 Å². The average Bonchev–Trinajstić information content (AvgIpc) is 3.36. The number of carbonyl (C=O) groups excluding carboxylic acids is 2. The Labute approximate surface area is 178 Å². The largest absolute Gasteiger partial charge is 0.547 e. The molecule has 0 saturated carbocycles. The fourth-order valence-electron chi connectivity index (χ4n) is 3.81. The topological polar surface area (TPSA) is 169 Å². The minimum Gasteiger partial charge on any atom is -0.534 e. The molecule has 13 heteroatoms. The molecule has 2 atom stereocenters. The number of nitrogens with zero attached hydrogens (tertiary/aromatic N) is 2. The van der Waals surface area contributed by atoms with Crippen LogP contribution >= 0.6 is 0 Å². The second-order valence-electron chi connectivity index (χ2n) is 7.69. The van der Waals surface area contributed by atoms with Crippen LogP contribution in [0.4, 0.5) is 0 Å². The minimum atomic E-state index is -1.39. The lowest BCUT2D eigenvalue weighted by Crippen LogP contribution is -2.55. The molecule has 12 nitrogen and oxygen atoms in total. The highest BCUT2D eigenvalue weighted by atomic mass is 16.5. The number of hydrazine groups is 2. The fraction of sp³-hybridized carbons (Fsp3) is 0.389. The summed E-state index contributed by atoms with van der Waals surface area (Å²) in [5, 5.41) is 23.6. The molecule has 164 valence electrons. The number of amides is 2. The molecule has 0 spiro atoms. The van der Waals surface area contributed by atoms with Gasteiger partial charge in [0, 0.05) is 25.3 Å². The molecule has 3 aliphatic heterocycles. The SMILES string of the molecule is N[C@@H]1CCN(C(=O)C2=CN(CC(=O)N[C@H]3Cc4cccc(C(=O)O)c4OB3O)NN2)C1. The molecule has 0 bridgehead atoms. The van der Waals surface area contributed by atoms with Crippen LogP contribution in [0.15, 0.2) is 30.1 Å². The molecule has 31 heavy (non-hydrogen) atoms. The third-order valence-electron chi connectivity index (χ3n) is 5.37. The smallest absolute Gasteiger partial charge is 0.534 e. The van der Waals surface area contributed by atoms with Gasteiger partial charge in [-0.05, 0) is 24.5 Å². The van der Waals surface area contributed by atoms with Crippen LogP contribution in [0.3, 0.4) is 0 Å². The van der Waals surface area contributed by atoms with Crippen LogP contribution < -0.4 is 26.7 Å². The van der Waals surface area contributed by atoms with Gasteiger partial charge in [-0.25, -0.2) is 4.79 Å². The van der Waals surface area contributed by atoms with Gasteiger partial charge in [0.1, 0.15) is 18.0 Å². The number of benzene rings is 1. The maximum absolute atomic E-state index is 12.5. The maximum atomic E-state index is 12.5. The van der Waals surface area contributed by atoms with E-state index in [1.165, 1.54) is 17.3 Å². The van der Waals surface area contributed by atoms with E-state index in [0.717, 1.165) is 6.42 Å². The van der Waals surface area contributed by atoms with Crippen molar-refractivity contribution < 1.29 is 29.2 Å². The van der Waals surface area contributed by atoms with Crippen molar-refractivity contribution in [3.8, 4) is 5.75 Å². The van der Waals surface area contributed by atoms with E-state index in [1.54, 1.807) is 17.0 Å². The number of carboxylic acids is 1. The van der Waals surface area contributed by atoms with Crippen molar-refractivity contribution in [2.45, 2.75) is 24.8 Å². The average molecular weight is 430 g/mol. The normalized spacial score (nSPS) is 22.4. The lowest BCUT2D eigenvalue weighted by Gasteiger charge is -2.29. The van der Waals surface area contributed by atoms with Gasteiger partial charge in [0.25, 0.3) is 5.91 Å². The number of rotatable bonds is 5. The van der Waals surface area contributed by atoms with Crippen molar-refractivity contribution in [3.63, 3.8) is 0 Å². The quantitative estimate of drug-likeness (QED) is 0.276. The number of likely N-dealkylation sites (tertiary alicyclic amines) is 1. The van der Waals surface area contributed by atoms with Gasteiger partial charge in [-0.15, -0.1) is 5.53 Å². The first-order valence-corrected chi connectivity index (χ1v) is 9.86. The lowest BCUT2D eigenvalue weighted by molar-refractivity contribution is -0.126. The van der Waals surface area contributed by atoms with Crippen molar-refractivity contribution in [2.75, 3.05) is 19.6 Å². The molecule has 1 aromatic carbocycles. The summed E-state index contributed by atoms with van der Waals surface area (Å²) in [4.78, 5) is 37.9. The number of aromatic carboxylic acids is 1. The number of hydrogen-bond acceptors (Lipinski definition) is 9. The van der Waals surface area contributed by atoms with E-state index in [4.69, 9.17) is 10.4 Å². The predicted octanol–water partition coefficient (Wildman–Crippen LogP) is -2.45. The van der Waals surface area contributed by atoms with E-state index in [-0.39, 0.29) is 36.2 Å². The Bertz CT molecular complexity index is 942. The van der Waals surface area contributed by atoms with Crippen LogP contribution in [-0.4, -0.2) is 76.6 Å². The summed E-state index contributed by atoms with van der Waals surface area (Å²) in [5.74, 6) is -2.44. The highest BCUT2D eigenvalue weighted by molar-refractivity contribution is 6.47. The standard InChI is InChI=1S/C18H23BN6O6/c20-11-4-5-24(7-11)17(27)13-8-25(23-22-13)9-15(26)21-14-6-10-2-1-3-12(18(28)29)16(10)31-19(14)30/h1-3,8,11,14,22-23,30H,4-7,9,20H2,(H,21,26)(H,28,29)/t11-,14+/m1/s1. The Balaban J connectivity index is 1.34. The summed E-state index contributed by atoms with van der Waals surface area (Å²) in [7, 11) is -1.39. The number of para-hydroxylation sites is 1. The fourth-order valence-corrected chi connectivity index (χ4v) is 3.81. The first kappa shape index (κ1) is 21.0. The second-order valence-corrected chi connectivity index (χ2v) is 7.69. The van der Waals surface area contributed by atoms with Crippen molar-refractivity contribution >= 4 is 24.9 Å². The molecule has 1 saturated heterocycles. The lowest BCUT2D eigenvalue weighted by atomic mass is 9.72. The monoisotopic (exact) mass is 430 g/mol. The highest BCUT2D eigenvalue weighted by Gasteiger charge is 2.38. The molecule has 1 fully saturated rings. The molecule has 4 rings (SSSR count). The van der Waals surface area contributed by atoms with Crippen LogP contribution in [-0.2, 0) is 16.0 Å². The zero-order valence-electron chi connectivity index (χ0n) is 16.6. The van der Waals surface area contributed by atoms with Gasteiger partial charge in [0.15, 0.2) is 0 Å². The van der Waals surface area contributed by atoms with E-state index in [1.807, 2.05) is 0 Å². The summed E-state index contributed by atoms with van der Waals surface area (Å²) >= 11 is 0. The summed E-state index contributed by atoms with van der Waals surface area (Å²) in [6.07, 6.45) is 2.46. The van der Waals surface area contributed by atoms with E-state index >= 15 is 0 Å². The van der Waals surface area contributed by atoms with Crippen molar-refractivity contribution in [3.05, 3.63) is 41.2 Å². The van der Waals surface area contributed by atoms with Crippen LogP contribution in [0, 0.1) is 0 Å². The number of fused-ring (bicyclic) bond motifs is 1. The molecular formula is C18H23BN6O6. The Kier molecular flexibility index (Phi) is 5.72. The van der Waals surface area contributed by atoms with Crippen molar-refractivity contribution in [1.82, 2.24) is 26.2 Å². The highest BCUT2D eigenvalue weighted by Crippen LogP contribution is 2.30. The Morgan fingerprint density at radius 2 is 2.16 bits per heavy atom. The molecule has 0 aliphatic carbocycles. The van der Waals surface area contributed by atoms with Gasteiger partial charge in [-0.3, -0.25) is 20.0 Å². The van der Waals surface area contributed by atoms with Gasteiger partial charge >= 0.3 is 13.1 Å². The van der Waals surface area contributed by atoms with Crippen LogP contribution in [0.5, 0.6) is 5.75 Å². The molecular weight excluding hydrogens is 407 g/mol.